The molecule has 2 aromatic rings. The van der Waals surface area contributed by atoms with Crippen LogP contribution in [0, 0.1) is 5.82 Å². The third kappa shape index (κ3) is 2.32. The highest BCUT2D eigenvalue weighted by Gasteiger charge is 2.13. The van der Waals surface area contributed by atoms with Crippen molar-refractivity contribution in [3.05, 3.63) is 28.4 Å². The molecule has 8 heteroatoms. The first-order chi connectivity index (χ1) is 7.66. The summed E-state index contributed by atoms with van der Waals surface area (Å²) in [6.45, 7) is 1.79. The number of hydrogen-bond donors (Lipinski definition) is 2. The molecule has 0 amide bonds. The summed E-state index contributed by atoms with van der Waals surface area (Å²) in [7, 11) is 0. The largest absolute Gasteiger partial charge is 0.358 e. The first-order valence-corrected chi connectivity index (χ1v) is 5.27. The van der Waals surface area contributed by atoms with E-state index >= 15 is 0 Å². The number of H-pyrrole nitrogens is 1. The second-order valence-electron chi connectivity index (χ2n) is 3.12. The van der Waals surface area contributed by atoms with Crippen molar-refractivity contribution in [1.82, 2.24) is 25.6 Å². The van der Waals surface area contributed by atoms with E-state index in [-0.39, 0.29) is 11.9 Å². The van der Waals surface area contributed by atoms with Crippen LogP contribution in [0.2, 0.25) is 0 Å². The number of tetrazole rings is 1. The predicted molar refractivity (Wildman–Crippen MR) is 58.1 cm³/mol. The topological polar surface area (TPSA) is 79.4 Å². The molecule has 2 rings (SSSR count). The lowest BCUT2D eigenvalue weighted by Gasteiger charge is -2.10. The van der Waals surface area contributed by atoms with E-state index < -0.39 is 5.82 Å². The molecular formula is C8H8BrFN6. The van der Waals surface area contributed by atoms with Crippen molar-refractivity contribution in [1.29, 1.82) is 0 Å². The highest BCUT2D eigenvalue weighted by Crippen LogP contribution is 2.19. The fraction of sp³-hybridized carbons (Fsp3) is 0.250. The Labute approximate surface area is 98.8 Å². The lowest BCUT2D eigenvalue weighted by molar-refractivity contribution is 0.618. The molecule has 16 heavy (non-hydrogen) atoms. The molecule has 0 bridgehead atoms. The van der Waals surface area contributed by atoms with Gasteiger partial charge < -0.3 is 5.32 Å². The van der Waals surface area contributed by atoms with Crippen LogP contribution >= 0.6 is 15.9 Å². The van der Waals surface area contributed by atoms with E-state index in [1.165, 1.54) is 12.3 Å². The third-order valence-corrected chi connectivity index (χ3v) is 2.34. The van der Waals surface area contributed by atoms with Gasteiger partial charge in [0.15, 0.2) is 17.5 Å². The van der Waals surface area contributed by atoms with Crippen LogP contribution in [0.1, 0.15) is 18.8 Å². The number of aromatic nitrogens is 5. The van der Waals surface area contributed by atoms with Gasteiger partial charge in [0, 0.05) is 10.7 Å². The normalized spacial score (nSPS) is 12.4. The highest BCUT2D eigenvalue weighted by molar-refractivity contribution is 9.10. The summed E-state index contributed by atoms with van der Waals surface area (Å²) in [6.07, 6.45) is 1.51. The summed E-state index contributed by atoms with van der Waals surface area (Å²) in [4.78, 5) is 3.91. The van der Waals surface area contributed by atoms with E-state index in [1.807, 2.05) is 0 Å². The first kappa shape index (κ1) is 10.9. The smallest absolute Gasteiger partial charge is 0.196 e. The highest BCUT2D eigenvalue weighted by atomic mass is 79.9. The molecule has 0 aliphatic carbocycles. The van der Waals surface area contributed by atoms with Gasteiger partial charge in [0.2, 0.25) is 0 Å². The molecule has 6 nitrogen and oxygen atoms in total. The van der Waals surface area contributed by atoms with Crippen molar-refractivity contribution in [2.75, 3.05) is 5.32 Å². The lowest BCUT2D eigenvalue weighted by atomic mass is 10.3. The van der Waals surface area contributed by atoms with E-state index in [0.29, 0.717) is 10.3 Å². The molecule has 2 aromatic heterocycles. The van der Waals surface area contributed by atoms with Crippen LogP contribution in [0.5, 0.6) is 0 Å². The van der Waals surface area contributed by atoms with Gasteiger partial charge in [-0.15, -0.1) is 10.2 Å². The molecule has 84 valence electrons. The van der Waals surface area contributed by atoms with Crippen molar-refractivity contribution in [2.24, 2.45) is 0 Å². The van der Waals surface area contributed by atoms with Gasteiger partial charge in [0.05, 0.1) is 6.04 Å². The predicted octanol–water partition coefficient (Wildman–Crippen LogP) is 1.67. The zero-order valence-electron chi connectivity index (χ0n) is 8.28. The zero-order chi connectivity index (χ0) is 11.5. The van der Waals surface area contributed by atoms with Gasteiger partial charge in [0.1, 0.15) is 0 Å². The van der Waals surface area contributed by atoms with Gasteiger partial charge in [-0.3, -0.25) is 0 Å². The van der Waals surface area contributed by atoms with Gasteiger partial charge in [-0.25, -0.2) is 9.37 Å². The van der Waals surface area contributed by atoms with Crippen LogP contribution in [-0.2, 0) is 0 Å². The molecule has 0 fully saturated rings. The molecule has 0 aliphatic heterocycles. The quantitative estimate of drug-likeness (QED) is 0.897. The third-order valence-electron chi connectivity index (χ3n) is 1.91. The fourth-order valence-electron chi connectivity index (χ4n) is 1.14. The SMILES string of the molecule is CC(Nc1ncc(Br)cc1F)c1nn[nH]n1. The van der Waals surface area contributed by atoms with Crippen molar-refractivity contribution >= 4 is 21.7 Å². The molecule has 0 spiro atoms. The van der Waals surface area contributed by atoms with E-state index in [1.54, 1.807) is 6.92 Å². The van der Waals surface area contributed by atoms with Crippen LogP contribution in [-0.4, -0.2) is 25.6 Å². The Kier molecular flexibility index (Phi) is 3.09. The first-order valence-electron chi connectivity index (χ1n) is 4.47. The summed E-state index contributed by atoms with van der Waals surface area (Å²) in [6, 6.07) is 1.06. The second kappa shape index (κ2) is 4.52. The van der Waals surface area contributed by atoms with Crippen LogP contribution in [0.3, 0.4) is 0 Å². The molecule has 1 unspecified atom stereocenters. The maximum atomic E-state index is 13.4. The Morgan fingerprint density at radius 3 is 3.00 bits per heavy atom. The zero-order valence-corrected chi connectivity index (χ0v) is 9.86. The Bertz CT molecular complexity index is 473. The minimum absolute atomic E-state index is 0.153. The van der Waals surface area contributed by atoms with Gasteiger partial charge in [0.25, 0.3) is 0 Å². The molecule has 0 saturated carbocycles. The summed E-state index contributed by atoms with van der Waals surface area (Å²) >= 11 is 3.13. The number of anilines is 1. The second-order valence-corrected chi connectivity index (χ2v) is 4.04. The van der Waals surface area contributed by atoms with E-state index in [2.05, 4.69) is 46.9 Å². The van der Waals surface area contributed by atoms with Crippen LogP contribution in [0.25, 0.3) is 0 Å². The molecular weight excluding hydrogens is 279 g/mol. The summed E-state index contributed by atoms with van der Waals surface area (Å²) < 4.78 is 14.0. The van der Waals surface area contributed by atoms with E-state index in [9.17, 15) is 4.39 Å². The fourth-order valence-corrected chi connectivity index (χ4v) is 1.45. The van der Waals surface area contributed by atoms with Crippen LogP contribution in [0.15, 0.2) is 16.7 Å². The molecule has 0 aromatic carbocycles. The van der Waals surface area contributed by atoms with Crippen LogP contribution in [0.4, 0.5) is 10.2 Å². The number of aromatic amines is 1. The van der Waals surface area contributed by atoms with Gasteiger partial charge in [-0.1, -0.05) is 5.21 Å². The van der Waals surface area contributed by atoms with Crippen LogP contribution < -0.4 is 5.32 Å². The number of nitrogens with zero attached hydrogens (tertiary/aromatic N) is 4. The van der Waals surface area contributed by atoms with Gasteiger partial charge in [-0.2, -0.15) is 5.21 Å². The van der Waals surface area contributed by atoms with E-state index in [4.69, 9.17) is 0 Å². The average molecular weight is 287 g/mol. The number of halogens is 2. The number of hydrogen-bond acceptors (Lipinski definition) is 5. The minimum Gasteiger partial charge on any atom is -0.358 e. The Morgan fingerprint density at radius 1 is 1.56 bits per heavy atom. The summed E-state index contributed by atoms with van der Waals surface area (Å²) in [5, 5.41) is 16.2. The molecule has 1 atom stereocenters. The number of rotatable bonds is 3. The van der Waals surface area contributed by atoms with Gasteiger partial charge >= 0.3 is 0 Å². The summed E-state index contributed by atoms with van der Waals surface area (Å²) in [5.41, 5.74) is 0. The van der Waals surface area contributed by atoms with Crippen molar-refractivity contribution in [3.8, 4) is 0 Å². The average Bonchev–Trinajstić information content (AvgIpc) is 2.75. The monoisotopic (exact) mass is 286 g/mol. The maximum absolute atomic E-state index is 13.4. The van der Waals surface area contributed by atoms with Crippen molar-refractivity contribution in [2.45, 2.75) is 13.0 Å². The maximum Gasteiger partial charge on any atom is 0.196 e. The van der Waals surface area contributed by atoms with Gasteiger partial charge in [-0.05, 0) is 28.9 Å². The molecule has 0 saturated heterocycles. The number of nitrogens with one attached hydrogen (secondary N) is 2. The Hall–Kier alpha value is -1.57. The Balaban J connectivity index is 2.15. The lowest BCUT2D eigenvalue weighted by Crippen LogP contribution is -2.11. The van der Waals surface area contributed by atoms with Crippen molar-refractivity contribution < 1.29 is 4.39 Å². The van der Waals surface area contributed by atoms with Crippen molar-refractivity contribution in [3.63, 3.8) is 0 Å². The summed E-state index contributed by atoms with van der Waals surface area (Å²) in [5.74, 6) is 0.161. The molecule has 2 N–H and O–H groups in total. The molecule has 0 radical (unpaired) electrons. The van der Waals surface area contributed by atoms with E-state index in [0.717, 1.165) is 0 Å². The molecule has 2 heterocycles. The molecule has 0 aliphatic rings. The standard InChI is InChI=1S/C8H8BrFN6/c1-4(7-13-15-16-14-7)12-8-6(10)2-5(9)3-11-8/h2-4H,1H3,(H,11,12)(H,13,14,15,16). The number of pyridine rings is 1. The minimum atomic E-state index is -0.440. The Morgan fingerprint density at radius 2 is 2.38 bits per heavy atom.